The number of aliphatic hydroxyl groups is 1. The lowest BCUT2D eigenvalue weighted by atomic mass is 10.0. The van der Waals surface area contributed by atoms with Crippen LogP contribution in [0, 0.1) is 11.6 Å². The van der Waals surface area contributed by atoms with Crippen molar-refractivity contribution in [3.63, 3.8) is 0 Å². The fourth-order valence-corrected chi connectivity index (χ4v) is 2.67. The van der Waals surface area contributed by atoms with Crippen LogP contribution in [0.5, 0.6) is 0 Å². The summed E-state index contributed by atoms with van der Waals surface area (Å²) in [6.07, 6.45) is 0.741. The number of hydrogen-bond acceptors (Lipinski definition) is 3. The van der Waals surface area contributed by atoms with E-state index in [1.165, 1.54) is 6.07 Å². The van der Waals surface area contributed by atoms with Gasteiger partial charge in [-0.05, 0) is 18.1 Å². The van der Waals surface area contributed by atoms with Gasteiger partial charge in [0.05, 0.1) is 6.61 Å². The second kappa shape index (κ2) is 5.30. The molecule has 3 N–H and O–H groups in total. The normalized spacial score (nSPS) is 21.1. The molecule has 2 unspecified atom stereocenters. The van der Waals surface area contributed by atoms with Crippen molar-refractivity contribution in [1.29, 1.82) is 0 Å². The van der Waals surface area contributed by atoms with Gasteiger partial charge < -0.3 is 10.8 Å². The van der Waals surface area contributed by atoms with Crippen LogP contribution in [-0.4, -0.2) is 29.2 Å². The number of nitrogens with zero attached hydrogens (tertiary/aromatic N) is 1. The quantitative estimate of drug-likeness (QED) is 0.859. The number of aliphatic hydroxyl groups excluding tert-OH is 1. The van der Waals surface area contributed by atoms with E-state index in [-0.39, 0.29) is 25.2 Å². The molecule has 5 heteroatoms. The van der Waals surface area contributed by atoms with Crippen LogP contribution < -0.4 is 5.73 Å². The van der Waals surface area contributed by atoms with E-state index in [0.717, 1.165) is 12.5 Å². The Balaban J connectivity index is 2.39. The fourth-order valence-electron chi connectivity index (χ4n) is 2.67. The summed E-state index contributed by atoms with van der Waals surface area (Å²) in [6.45, 7) is 2.61. The molecule has 1 aliphatic heterocycles. The highest BCUT2D eigenvalue weighted by molar-refractivity contribution is 5.36. The molecule has 2 atom stereocenters. The number of fused-ring (bicyclic) bond motifs is 1. The van der Waals surface area contributed by atoms with E-state index in [1.54, 1.807) is 0 Å². The molecule has 100 valence electrons. The van der Waals surface area contributed by atoms with Crippen LogP contribution >= 0.6 is 0 Å². The van der Waals surface area contributed by atoms with Gasteiger partial charge in [-0.1, -0.05) is 6.92 Å². The lowest BCUT2D eigenvalue weighted by Gasteiger charge is -2.30. The first-order valence-corrected chi connectivity index (χ1v) is 6.16. The molecule has 1 aromatic rings. The molecule has 1 aliphatic rings. The summed E-state index contributed by atoms with van der Waals surface area (Å²) in [4.78, 5) is 1.95. The maximum Gasteiger partial charge on any atom is 0.130 e. The first kappa shape index (κ1) is 13.4. The van der Waals surface area contributed by atoms with Crippen molar-refractivity contribution in [2.45, 2.75) is 32.0 Å². The van der Waals surface area contributed by atoms with Gasteiger partial charge in [0.15, 0.2) is 0 Å². The van der Waals surface area contributed by atoms with Crippen molar-refractivity contribution in [2.24, 2.45) is 5.73 Å². The lowest BCUT2D eigenvalue weighted by molar-refractivity contribution is 0.0890. The second-order valence-corrected chi connectivity index (χ2v) is 4.62. The van der Waals surface area contributed by atoms with Crippen molar-refractivity contribution in [1.82, 2.24) is 4.90 Å². The molecule has 1 heterocycles. The van der Waals surface area contributed by atoms with E-state index in [4.69, 9.17) is 5.73 Å². The minimum Gasteiger partial charge on any atom is -0.395 e. The molecule has 2 rings (SSSR count). The largest absolute Gasteiger partial charge is 0.395 e. The highest BCUT2D eigenvalue weighted by Gasteiger charge is 2.35. The molecule has 0 spiro atoms. The average Bonchev–Trinajstić information content (AvgIpc) is 2.69. The highest BCUT2D eigenvalue weighted by atomic mass is 19.1. The van der Waals surface area contributed by atoms with Gasteiger partial charge in [0, 0.05) is 36.8 Å². The maximum atomic E-state index is 13.7. The predicted octanol–water partition coefficient (Wildman–Crippen LogP) is 1.55. The Morgan fingerprint density at radius 2 is 2.22 bits per heavy atom. The van der Waals surface area contributed by atoms with Crippen LogP contribution in [0.2, 0.25) is 0 Å². The molecule has 0 amide bonds. The molecule has 0 saturated heterocycles. The van der Waals surface area contributed by atoms with Crippen molar-refractivity contribution < 1.29 is 13.9 Å². The Morgan fingerprint density at radius 1 is 1.50 bits per heavy atom. The van der Waals surface area contributed by atoms with E-state index < -0.39 is 11.6 Å². The van der Waals surface area contributed by atoms with Gasteiger partial charge >= 0.3 is 0 Å². The molecule has 0 bridgehead atoms. The fraction of sp³-hybridized carbons (Fsp3) is 0.538. The third kappa shape index (κ3) is 2.13. The van der Waals surface area contributed by atoms with Gasteiger partial charge in [-0.15, -0.1) is 0 Å². The zero-order valence-corrected chi connectivity index (χ0v) is 10.4. The Morgan fingerprint density at radius 3 is 2.78 bits per heavy atom. The zero-order valence-electron chi connectivity index (χ0n) is 10.4. The van der Waals surface area contributed by atoms with E-state index in [1.807, 2.05) is 11.8 Å². The standard InChI is InChI=1S/C13H18F2N2O/c1-2-9(7-18)17-6-11-10(13(17)5-16)3-8(14)4-12(11)15/h3-4,9,13,18H,2,5-7,16H2,1H3. The Hall–Kier alpha value is -1.04. The third-order valence-corrected chi connectivity index (χ3v) is 3.67. The monoisotopic (exact) mass is 256 g/mol. The third-order valence-electron chi connectivity index (χ3n) is 3.67. The van der Waals surface area contributed by atoms with Gasteiger partial charge in [-0.2, -0.15) is 0 Å². The van der Waals surface area contributed by atoms with E-state index >= 15 is 0 Å². The Bertz CT molecular complexity index is 435. The van der Waals surface area contributed by atoms with Crippen LogP contribution in [0.15, 0.2) is 12.1 Å². The van der Waals surface area contributed by atoms with E-state index in [0.29, 0.717) is 17.7 Å². The smallest absolute Gasteiger partial charge is 0.130 e. The van der Waals surface area contributed by atoms with Crippen molar-refractivity contribution in [2.75, 3.05) is 13.2 Å². The molecule has 18 heavy (non-hydrogen) atoms. The SMILES string of the molecule is CCC(CO)N1Cc2c(F)cc(F)cc2C1CN. The minimum absolute atomic E-state index is 0.00884. The van der Waals surface area contributed by atoms with Crippen LogP contribution in [0.4, 0.5) is 8.78 Å². The number of benzene rings is 1. The first-order chi connectivity index (χ1) is 8.62. The Labute approximate surface area is 105 Å². The maximum absolute atomic E-state index is 13.7. The summed E-state index contributed by atoms with van der Waals surface area (Å²) >= 11 is 0. The molecule has 3 nitrogen and oxygen atoms in total. The van der Waals surface area contributed by atoms with Gasteiger partial charge in [-0.25, -0.2) is 8.78 Å². The van der Waals surface area contributed by atoms with Gasteiger partial charge in [0.1, 0.15) is 11.6 Å². The summed E-state index contributed by atoms with van der Waals surface area (Å²) in [5.41, 5.74) is 6.83. The number of hydrogen-bond donors (Lipinski definition) is 2. The highest BCUT2D eigenvalue weighted by Crippen LogP contribution is 2.37. The first-order valence-electron chi connectivity index (χ1n) is 6.16. The van der Waals surface area contributed by atoms with Crippen molar-refractivity contribution in [3.8, 4) is 0 Å². The topological polar surface area (TPSA) is 49.5 Å². The summed E-state index contributed by atoms with van der Waals surface area (Å²) in [5, 5.41) is 9.35. The number of rotatable bonds is 4. The second-order valence-electron chi connectivity index (χ2n) is 4.62. The van der Waals surface area contributed by atoms with Crippen molar-refractivity contribution >= 4 is 0 Å². The average molecular weight is 256 g/mol. The van der Waals surface area contributed by atoms with Gasteiger partial charge in [-0.3, -0.25) is 4.90 Å². The van der Waals surface area contributed by atoms with Crippen LogP contribution in [0.3, 0.4) is 0 Å². The van der Waals surface area contributed by atoms with E-state index in [2.05, 4.69) is 0 Å². The van der Waals surface area contributed by atoms with Gasteiger partial charge in [0.2, 0.25) is 0 Å². The molecular weight excluding hydrogens is 238 g/mol. The lowest BCUT2D eigenvalue weighted by Crippen LogP contribution is -2.38. The summed E-state index contributed by atoms with van der Waals surface area (Å²) in [6, 6.07) is 1.95. The van der Waals surface area contributed by atoms with Crippen LogP contribution in [-0.2, 0) is 6.54 Å². The summed E-state index contributed by atoms with van der Waals surface area (Å²) < 4.78 is 27.0. The molecule has 0 radical (unpaired) electrons. The predicted molar refractivity (Wildman–Crippen MR) is 64.9 cm³/mol. The zero-order chi connectivity index (χ0) is 13.3. The molecule has 1 aromatic carbocycles. The summed E-state index contributed by atoms with van der Waals surface area (Å²) in [5.74, 6) is -1.11. The Kier molecular flexibility index (Phi) is 3.94. The molecule has 0 aromatic heterocycles. The summed E-state index contributed by atoms with van der Waals surface area (Å²) in [7, 11) is 0. The number of halogens is 2. The van der Waals surface area contributed by atoms with Gasteiger partial charge in [0.25, 0.3) is 0 Å². The van der Waals surface area contributed by atoms with E-state index in [9.17, 15) is 13.9 Å². The van der Waals surface area contributed by atoms with Crippen LogP contribution in [0.1, 0.15) is 30.5 Å². The number of nitrogens with two attached hydrogens (primary N) is 1. The molecule has 0 saturated carbocycles. The molecule has 0 fully saturated rings. The van der Waals surface area contributed by atoms with Crippen LogP contribution in [0.25, 0.3) is 0 Å². The van der Waals surface area contributed by atoms with Crippen molar-refractivity contribution in [3.05, 3.63) is 34.9 Å². The molecule has 0 aliphatic carbocycles. The minimum atomic E-state index is -0.580. The molecular formula is C13H18F2N2O.